The number of nitrogens with zero attached hydrogens (tertiary/aromatic N) is 5. The molecule has 0 spiro atoms. The topological polar surface area (TPSA) is 151 Å². The highest BCUT2D eigenvalue weighted by Gasteiger charge is 2.54. The Labute approximate surface area is 415 Å². The summed E-state index contributed by atoms with van der Waals surface area (Å²) in [7, 11) is -1.15. The summed E-state index contributed by atoms with van der Waals surface area (Å²) < 4.78 is 52.0. The van der Waals surface area contributed by atoms with Crippen LogP contribution < -0.4 is 14.8 Å². The van der Waals surface area contributed by atoms with Gasteiger partial charge in [-0.15, -0.1) is 0 Å². The van der Waals surface area contributed by atoms with Crippen LogP contribution in [-0.4, -0.2) is 91.3 Å². The quantitative estimate of drug-likeness (QED) is 0.0316. The van der Waals surface area contributed by atoms with E-state index < -0.39 is 47.0 Å². The molecule has 0 bridgehead atoms. The summed E-state index contributed by atoms with van der Waals surface area (Å²) in [4.78, 5) is 22.8. The van der Waals surface area contributed by atoms with Crippen LogP contribution in [0.1, 0.15) is 88.2 Å². The molecule has 0 saturated carbocycles. The van der Waals surface area contributed by atoms with Gasteiger partial charge in [0.15, 0.2) is 14.5 Å². The zero-order valence-corrected chi connectivity index (χ0v) is 44.1. The molecule has 1 fully saturated rings. The number of nitrogens with one attached hydrogen (secondary N) is 1. The lowest BCUT2D eigenvalue weighted by molar-refractivity contribution is -0.0925. The Morgan fingerprint density at radius 2 is 1.40 bits per heavy atom. The fraction of sp³-hybridized carbons (Fsp3) is 0.407. The average molecular weight is 987 g/mol. The molecule has 1 saturated heterocycles. The van der Waals surface area contributed by atoms with E-state index in [9.17, 15) is 10.1 Å². The number of carbonyl (C=O) groups excluding carboxylic acids is 1. The first-order valence-electron chi connectivity index (χ1n) is 23.8. The molecule has 1 amide bonds. The van der Waals surface area contributed by atoms with Gasteiger partial charge in [-0.25, -0.2) is 14.6 Å². The molecule has 6 aromatic rings. The Morgan fingerprint density at radius 1 is 0.829 bits per heavy atom. The number of hydrogen-bond acceptors (Lipinski definition) is 12. The van der Waals surface area contributed by atoms with Gasteiger partial charge in [0.25, 0.3) is 14.4 Å². The van der Waals surface area contributed by atoms with Crippen LogP contribution in [-0.2, 0) is 28.5 Å². The molecule has 1 aliphatic heterocycles. The van der Waals surface area contributed by atoms with Gasteiger partial charge in [-0.3, -0.25) is 4.79 Å². The van der Waals surface area contributed by atoms with Crippen molar-refractivity contribution in [2.75, 3.05) is 32.8 Å². The standard InChI is InChI=1S/C54H67N6O8PSi/c1-37(2)60(38(3)4)69(65-34-18-32-55)67-47-46(35-64-54(40-21-16-13-17-22-40,41-23-27-43(62-8)28-24-41)42-25-29-44(63-9)30-26-42)66-52(48(47)68-70(10,11)53(5,6)7)59-33-31-45-49(56-36-57-50(45)59)58-51(61)39-19-14-12-15-20-39/h12-17,19-31,33,36-38,46-48,52H,18,34-35H2,1-11H3,(H,56,57,58,61). The van der Waals surface area contributed by atoms with E-state index in [1.165, 1.54) is 6.33 Å². The molecule has 7 rings (SSSR count). The van der Waals surface area contributed by atoms with E-state index in [2.05, 4.69) is 94.7 Å². The molecule has 16 heteroatoms. The van der Waals surface area contributed by atoms with Gasteiger partial charge in [-0.1, -0.05) is 93.6 Å². The minimum Gasteiger partial charge on any atom is -0.497 e. The monoisotopic (exact) mass is 986 g/mol. The third kappa shape index (κ3) is 11.3. The lowest BCUT2D eigenvalue weighted by Gasteiger charge is -2.42. The molecule has 370 valence electrons. The lowest BCUT2D eigenvalue weighted by atomic mass is 9.80. The molecule has 1 N–H and O–H groups in total. The fourth-order valence-corrected chi connectivity index (χ4v) is 11.6. The van der Waals surface area contributed by atoms with E-state index in [0.717, 1.165) is 16.7 Å². The molecule has 70 heavy (non-hydrogen) atoms. The van der Waals surface area contributed by atoms with E-state index in [4.69, 9.17) is 37.4 Å². The molecule has 0 aliphatic carbocycles. The Bertz CT molecular complexity index is 2620. The van der Waals surface area contributed by atoms with Gasteiger partial charge in [-0.2, -0.15) is 5.26 Å². The minimum absolute atomic E-state index is 0.0166. The van der Waals surface area contributed by atoms with E-state index in [1.54, 1.807) is 26.4 Å². The van der Waals surface area contributed by atoms with Gasteiger partial charge in [0.05, 0.1) is 45.3 Å². The Balaban J connectivity index is 1.41. The van der Waals surface area contributed by atoms with Crippen LogP contribution in [0.4, 0.5) is 5.82 Å². The largest absolute Gasteiger partial charge is 0.497 e. The van der Waals surface area contributed by atoms with Crippen LogP contribution >= 0.6 is 8.53 Å². The van der Waals surface area contributed by atoms with Crippen molar-refractivity contribution in [3.05, 3.63) is 150 Å². The Morgan fingerprint density at radius 3 is 1.94 bits per heavy atom. The van der Waals surface area contributed by atoms with Crippen molar-refractivity contribution in [1.29, 1.82) is 5.26 Å². The maximum atomic E-state index is 13.5. The third-order valence-corrected chi connectivity index (χ3v) is 19.7. The number of hydrogen-bond donors (Lipinski definition) is 1. The molecular weight excluding hydrogens is 920 g/mol. The van der Waals surface area contributed by atoms with Crippen LogP contribution in [0.15, 0.2) is 128 Å². The second kappa shape index (κ2) is 22.7. The minimum atomic E-state index is -2.64. The summed E-state index contributed by atoms with van der Waals surface area (Å²) >= 11 is 0. The number of amides is 1. The maximum Gasteiger partial charge on any atom is 0.259 e. The van der Waals surface area contributed by atoms with E-state index in [1.807, 2.05) is 102 Å². The number of ether oxygens (including phenoxy) is 4. The van der Waals surface area contributed by atoms with Crippen molar-refractivity contribution in [2.24, 2.45) is 0 Å². The van der Waals surface area contributed by atoms with Gasteiger partial charge >= 0.3 is 0 Å². The molecule has 2 aromatic heterocycles. The fourth-order valence-electron chi connectivity index (χ4n) is 8.56. The summed E-state index contributed by atoms with van der Waals surface area (Å²) in [6.07, 6.45) is 0.415. The van der Waals surface area contributed by atoms with Crippen LogP contribution in [0.2, 0.25) is 18.1 Å². The van der Waals surface area contributed by atoms with Crippen LogP contribution in [0, 0.1) is 11.3 Å². The van der Waals surface area contributed by atoms with E-state index in [-0.39, 0.29) is 42.7 Å². The first-order chi connectivity index (χ1) is 33.5. The summed E-state index contributed by atoms with van der Waals surface area (Å²) in [5.74, 6) is 1.47. The second-order valence-electron chi connectivity index (χ2n) is 19.3. The predicted molar refractivity (Wildman–Crippen MR) is 276 cm³/mol. The Kier molecular flexibility index (Phi) is 17.0. The number of methoxy groups -OCH3 is 2. The van der Waals surface area contributed by atoms with Gasteiger partial charge in [0, 0.05) is 23.8 Å². The number of rotatable bonds is 21. The number of carbonyl (C=O) groups is 1. The van der Waals surface area contributed by atoms with Gasteiger partial charge < -0.3 is 42.3 Å². The SMILES string of the molecule is COc1ccc(C(OCC2OC(n3ccc4c(NC(=O)c5ccccc5)ncnc43)C(O[Si](C)(C)C(C)(C)C)C2OP(OCCC#N)N(C(C)C)C(C)C)(c2ccccc2)c2ccc(OC)cc2)cc1. The van der Waals surface area contributed by atoms with Crippen LogP contribution in [0.5, 0.6) is 11.5 Å². The number of fused-ring (bicyclic) bond motifs is 1. The van der Waals surface area contributed by atoms with Crippen molar-refractivity contribution in [3.8, 4) is 17.6 Å². The van der Waals surface area contributed by atoms with E-state index >= 15 is 0 Å². The van der Waals surface area contributed by atoms with Gasteiger partial charge in [0.2, 0.25) is 0 Å². The van der Waals surface area contributed by atoms with Gasteiger partial charge in [0.1, 0.15) is 53.2 Å². The number of aromatic nitrogens is 3. The first kappa shape index (κ1) is 52.3. The summed E-state index contributed by atoms with van der Waals surface area (Å²) in [6.45, 7) is 19.7. The van der Waals surface area contributed by atoms with Crippen LogP contribution in [0.25, 0.3) is 11.0 Å². The van der Waals surface area contributed by atoms with Crippen molar-refractivity contribution in [1.82, 2.24) is 19.2 Å². The molecule has 5 atom stereocenters. The second-order valence-corrected chi connectivity index (χ2v) is 25.5. The summed E-state index contributed by atoms with van der Waals surface area (Å²) in [6, 6.07) is 39.1. The number of anilines is 1. The molecule has 4 aromatic carbocycles. The number of benzene rings is 4. The molecule has 1 aliphatic rings. The molecular formula is C54H67N6O8PSi. The zero-order valence-electron chi connectivity index (χ0n) is 42.2. The van der Waals surface area contributed by atoms with Crippen molar-refractivity contribution >= 4 is 39.6 Å². The van der Waals surface area contributed by atoms with Crippen LogP contribution in [0.3, 0.4) is 0 Å². The van der Waals surface area contributed by atoms with Gasteiger partial charge in [-0.05, 0) is 105 Å². The highest BCUT2D eigenvalue weighted by molar-refractivity contribution is 7.44. The zero-order chi connectivity index (χ0) is 50.2. The molecule has 3 heterocycles. The summed E-state index contributed by atoms with van der Waals surface area (Å²) in [5.41, 5.74) is 2.45. The highest BCUT2D eigenvalue weighted by Crippen LogP contribution is 2.53. The smallest absolute Gasteiger partial charge is 0.259 e. The van der Waals surface area contributed by atoms with Crippen molar-refractivity contribution in [3.63, 3.8) is 0 Å². The number of nitriles is 1. The average Bonchev–Trinajstić information content (AvgIpc) is 3.93. The van der Waals surface area contributed by atoms with E-state index in [0.29, 0.717) is 33.9 Å². The molecule has 5 unspecified atom stereocenters. The highest BCUT2D eigenvalue weighted by atomic mass is 31.2. The maximum absolute atomic E-state index is 13.5. The van der Waals surface area contributed by atoms with Crippen molar-refractivity contribution < 1.29 is 37.2 Å². The lowest BCUT2D eigenvalue weighted by Crippen LogP contribution is -2.50. The van der Waals surface area contributed by atoms with Crippen molar-refractivity contribution in [2.45, 2.75) is 115 Å². The Hall–Kier alpha value is -5.53. The first-order valence-corrected chi connectivity index (χ1v) is 27.8. The predicted octanol–water partition coefficient (Wildman–Crippen LogP) is 11.7. The third-order valence-electron chi connectivity index (χ3n) is 13.1. The summed E-state index contributed by atoms with van der Waals surface area (Å²) in [5, 5.41) is 13.1. The normalized spacial score (nSPS) is 18.1. The molecule has 14 nitrogen and oxygen atoms in total. The molecule has 0 radical (unpaired) electrons.